The lowest BCUT2D eigenvalue weighted by Gasteiger charge is -2.25. The van der Waals surface area contributed by atoms with Crippen LogP contribution in [0.4, 0.5) is 11.4 Å². The predicted molar refractivity (Wildman–Crippen MR) is 461 cm³/mol. The average Bonchev–Trinajstić information content (AvgIpc) is 1.82. The Morgan fingerprint density at radius 2 is 0.843 bits per heavy atom. The molecule has 4 heterocycles. The van der Waals surface area contributed by atoms with Crippen LogP contribution in [-0.4, -0.2) is 109 Å². The lowest BCUT2D eigenvalue weighted by Crippen LogP contribution is -2.40. The van der Waals surface area contributed by atoms with E-state index >= 15 is 0 Å². The van der Waals surface area contributed by atoms with E-state index in [2.05, 4.69) is 56.8 Å². The number of Topliss-reactive ketones (excluding diaryl/α,β-unsaturated/α-hetero) is 1. The number of para-hydroxylation sites is 2. The molecule has 25 heteroatoms. The van der Waals surface area contributed by atoms with Crippen molar-refractivity contribution < 1.29 is 51.2 Å². The summed E-state index contributed by atoms with van der Waals surface area (Å²) in [6.07, 6.45) is 18.7. The van der Waals surface area contributed by atoms with Crippen LogP contribution in [0, 0.1) is 43.3 Å². The van der Waals surface area contributed by atoms with Crippen LogP contribution in [-0.2, 0) is 81.3 Å². The number of carbonyl (C=O) groups excluding carboxylic acids is 8. The molecule has 0 radical (unpaired) electrons. The number of imidazole rings is 1. The number of amides is 7. The molecule has 636 valence electrons. The fourth-order valence-corrected chi connectivity index (χ4v) is 9.55. The highest BCUT2D eigenvalue weighted by Crippen LogP contribution is 2.25. The average molecular weight is 1610 g/mol. The number of nitrogens with zero attached hydrogens (tertiary/aromatic N) is 7. The first-order valence-corrected chi connectivity index (χ1v) is 40.9. The minimum Gasteiger partial charge on any atom is -0.467 e. The number of nitrogens with one attached hydrogen (secondary N) is 6. The van der Waals surface area contributed by atoms with Gasteiger partial charge in [0.15, 0.2) is 14.9 Å². The molecule has 9 rings (SSSR count). The molecular formula is C90H139N13O11S. The SMILES string of the molecule is CC(C)(C)C(=O)Cc1ncccn1.CC(C)(C)C(=O)NC1CC1.CC(C)(C)C(=O)NC1CCCC1.CC(C)(C)C(=O)NCc1ccccc1.CC(C)(C)C(=O)NCc1ccco1.CC(C)(C)C(=O)NCc1ncccn1.CC(C)(C)C(=O)Nc1ccccc1.CC(C)S(=O)(=O)c1cn(C)cn1.CN(C(=O)C(C)(C)C)c1ccccc1. The number of hydrogen-bond acceptors (Lipinski definition) is 16. The van der Waals surface area contributed by atoms with E-state index in [1.807, 2.05) is 270 Å². The number of benzene rings is 3. The van der Waals surface area contributed by atoms with Crippen LogP contribution in [0.5, 0.6) is 0 Å². The van der Waals surface area contributed by atoms with Crippen molar-refractivity contribution in [2.75, 3.05) is 17.3 Å². The maximum absolute atomic E-state index is 11.9. The van der Waals surface area contributed by atoms with Gasteiger partial charge in [-0.25, -0.2) is 33.3 Å². The molecule has 2 aliphatic carbocycles. The Hall–Kier alpha value is -9.78. The van der Waals surface area contributed by atoms with Gasteiger partial charge in [-0.2, -0.15) is 0 Å². The lowest BCUT2D eigenvalue weighted by molar-refractivity contribution is -0.129. The van der Waals surface area contributed by atoms with Crippen molar-refractivity contribution in [1.82, 2.24) is 56.1 Å². The third kappa shape index (κ3) is 45.2. The number of furan rings is 1. The number of rotatable bonds is 14. The zero-order chi connectivity index (χ0) is 88.0. The van der Waals surface area contributed by atoms with Gasteiger partial charge in [-0.15, -0.1) is 0 Å². The molecular weight excluding hydrogens is 1470 g/mol. The summed E-state index contributed by atoms with van der Waals surface area (Å²) < 4.78 is 29.6. The lowest BCUT2D eigenvalue weighted by atomic mass is 9.89. The third-order valence-corrected chi connectivity index (χ3v) is 18.5. The van der Waals surface area contributed by atoms with Crippen LogP contribution >= 0.6 is 0 Å². The van der Waals surface area contributed by atoms with Crippen molar-refractivity contribution >= 4 is 68.3 Å². The number of aryl methyl sites for hydroxylation is 1. The van der Waals surface area contributed by atoms with Gasteiger partial charge < -0.3 is 45.8 Å². The van der Waals surface area contributed by atoms with Gasteiger partial charge in [-0.05, 0) is 93.6 Å². The first-order valence-electron chi connectivity index (χ1n) is 39.4. The molecule has 6 N–H and O–H groups in total. The summed E-state index contributed by atoms with van der Waals surface area (Å²) in [6, 6.07) is 37.1. The fourth-order valence-electron chi connectivity index (χ4n) is 8.56. The highest BCUT2D eigenvalue weighted by molar-refractivity contribution is 7.91. The van der Waals surface area contributed by atoms with Crippen LogP contribution in [0.25, 0.3) is 0 Å². The minimum atomic E-state index is -3.19. The van der Waals surface area contributed by atoms with Crippen molar-refractivity contribution in [3.8, 4) is 0 Å². The Bertz CT molecular complexity index is 3980. The largest absolute Gasteiger partial charge is 0.467 e. The van der Waals surface area contributed by atoms with Gasteiger partial charge in [0.2, 0.25) is 41.4 Å². The summed E-state index contributed by atoms with van der Waals surface area (Å²) in [5.41, 5.74) is 0.473. The van der Waals surface area contributed by atoms with Crippen molar-refractivity contribution in [3.63, 3.8) is 0 Å². The Morgan fingerprint density at radius 3 is 1.21 bits per heavy atom. The molecule has 24 nitrogen and oxygen atoms in total. The number of hydrogen-bond donors (Lipinski definition) is 6. The number of sulfone groups is 1. The van der Waals surface area contributed by atoms with Crippen LogP contribution < -0.4 is 36.8 Å². The van der Waals surface area contributed by atoms with Crippen LogP contribution in [0.1, 0.15) is 242 Å². The Labute approximate surface area is 688 Å². The van der Waals surface area contributed by atoms with Gasteiger partial charge in [-0.3, -0.25) is 38.4 Å². The number of aromatic nitrogens is 6. The maximum atomic E-state index is 11.9. The summed E-state index contributed by atoms with van der Waals surface area (Å²) in [7, 11) is 0.363. The Balaban J connectivity index is 0.000000648. The van der Waals surface area contributed by atoms with Crippen molar-refractivity contribution in [1.29, 1.82) is 0 Å². The second-order valence-electron chi connectivity index (χ2n) is 36.7. The Kier molecular flexibility index (Phi) is 43.0. The normalized spacial score (nSPS) is 12.8. The van der Waals surface area contributed by atoms with E-state index in [9.17, 15) is 46.8 Å². The number of anilines is 2. The molecule has 0 saturated heterocycles. The van der Waals surface area contributed by atoms with Crippen LogP contribution in [0.15, 0.2) is 168 Å². The quantitative estimate of drug-likeness (QED) is 0.0589. The molecule has 0 unspecified atom stereocenters. The van der Waals surface area contributed by atoms with Gasteiger partial charge in [-0.1, -0.05) is 246 Å². The van der Waals surface area contributed by atoms with E-state index in [0.29, 0.717) is 49.8 Å². The van der Waals surface area contributed by atoms with Gasteiger partial charge in [0, 0.05) is 118 Å². The summed E-state index contributed by atoms with van der Waals surface area (Å²) in [6.45, 7) is 50.6. The number of carbonyl (C=O) groups is 8. The second-order valence-corrected chi connectivity index (χ2v) is 39.2. The molecule has 0 atom stereocenters. The monoisotopic (exact) mass is 1610 g/mol. The van der Waals surface area contributed by atoms with E-state index < -0.39 is 15.1 Å². The second kappa shape index (κ2) is 47.9. The first kappa shape index (κ1) is 103. The summed E-state index contributed by atoms with van der Waals surface area (Å²) >= 11 is 0. The van der Waals surface area contributed by atoms with Gasteiger partial charge in [0.1, 0.15) is 23.2 Å². The standard InChI is InChI=1S/2C12H17NO.C11H15NO.C10H15N3O.C10H14N2O.C10H15NO2.C10H19NO.C8H15NO.C7H12N2O2S/c1-12(2,3)11(14)13(4)10-8-6-5-7-9-10;1-12(2,3)11(14)13-9-10-7-5-4-6-8-10;1-11(2,3)10(13)12-9-7-5-4-6-8-9;1-10(2,3)9(14)13-7-8-11-5-4-6-12-8;1-10(2,3)8(13)7-9-11-5-4-6-12-9;1-10(2,3)9(12)11-7-8-5-4-6-13-8;1-10(2,3)9(12)11-8-6-4-5-7-8;1-8(2,3)7(10)9-6-4-5-6;1-6(2)12(10,11)7-4-9(3)5-8-7/h5-9H,1-4H3;4-8H,9H2,1-3H3,(H,13,14);4-8H,1-3H3,(H,12,13);4-6H,7H2,1-3H3,(H,13,14);4-6H,7H2,1-3H3;4-6H,7H2,1-3H3,(H,11,12);8H,4-7H2,1-3H3,(H,11,12);6H,4-5H2,1-3H3,(H,9,10);4-6H,1-3H3. The molecule has 2 aliphatic rings. The summed E-state index contributed by atoms with van der Waals surface area (Å²) in [5.74, 6) is 2.82. The molecule has 7 aromatic rings. The molecule has 4 aromatic heterocycles. The van der Waals surface area contributed by atoms with Gasteiger partial charge in [0.25, 0.3) is 0 Å². The molecule has 0 bridgehead atoms. The molecule has 3 aromatic carbocycles. The number of ketones is 1. The first-order chi connectivity index (χ1) is 52.9. The third-order valence-electron chi connectivity index (χ3n) is 16.5. The highest BCUT2D eigenvalue weighted by Gasteiger charge is 2.31. The topological polar surface area (TPSA) is 329 Å². The van der Waals surface area contributed by atoms with Crippen molar-refractivity contribution in [3.05, 3.63) is 182 Å². The molecule has 0 spiro atoms. The molecule has 2 fully saturated rings. The molecule has 7 amide bonds. The van der Waals surface area contributed by atoms with E-state index in [1.54, 1.807) is 79.6 Å². The highest BCUT2D eigenvalue weighted by atomic mass is 32.2. The molecule has 2 saturated carbocycles. The van der Waals surface area contributed by atoms with Crippen molar-refractivity contribution in [2.24, 2.45) is 50.4 Å². The Morgan fingerprint density at radius 1 is 0.452 bits per heavy atom. The van der Waals surface area contributed by atoms with Gasteiger partial charge in [0.05, 0.1) is 37.4 Å². The zero-order valence-corrected chi connectivity index (χ0v) is 75.2. The van der Waals surface area contributed by atoms with E-state index in [4.69, 9.17) is 4.42 Å². The van der Waals surface area contributed by atoms with Crippen molar-refractivity contribution in [2.45, 2.75) is 267 Å². The van der Waals surface area contributed by atoms with E-state index in [1.165, 1.54) is 51.0 Å². The van der Waals surface area contributed by atoms with Crippen LogP contribution in [0.2, 0.25) is 0 Å². The minimum absolute atomic E-state index is 0.00459. The van der Waals surface area contributed by atoms with E-state index in [-0.39, 0.29) is 95.5 Å². The summed E-state index contributed by atoms with van der Waals surface area (Å²) in [5, 5.41) is 17.1. The summed E-state index contributed by atoms with van der Waals surface area (Å²) in [4.78, 5) is 114. The molecule has 0 aliphatic heterocycles. The zero-order valence-electron chi connectivity index (χ0n) is 74.3. The predicted octanol–water partition coefficient (Wildman–Crippen LogP) is 16.4. The van der Waals surface area contributed by atoms with Crippen LogP contribution in [0.3, 0.4) is 0 Å². The smallest absolute Gasteiger partial charge is 0.232 e. The fraction of sp³-hybridized carbons (Fsp3) is 0.544. The maximum Gasteiger partial charge on any atom is 0.232 e. The van der Waals surface area contributed by atoms with Gasteiger partial charge >= 0.3 is 0 Å². The molecule has 115 heavy (non-hydrogen) atoms. The van der Waals surface area contributed by atoms with E-state index in [0.717, 1.165) is 22.7 Å².